The van der Waals surface area contributed by atoms with Crippen LogP contribution in [0.3, 0.4) is 0 Å². The summed E-state index contributed by atoms with van der Waals surface area (Å²) >= 11 is 0. The van der Waals surface area contributed by atoms with Gasteiger partial charge in [-0.1, -0.05) is 18.2 Å². The number of nitrogens with zero attached hydrogens (tertiary/aromatic N) is 1. The highest BCUT2D eigenvalue weighted by Gasteiger charge is 2.10. The SMILES string of the molecule is Cc1cccc(C[N+](C)(C)C)c1C. The summed E-state index contributed by atoms with van der Waals surface area (Å²) in [6, 6.07) is 6.55. The summed E-state index contributed by atoms with van der Waals surface area (Å²) in [5, 5.41) is 0. The highest BCUT2D eigenvalue weighted by molar-refractivity contribution is 5.32. The Bertz CT molecular complexity index is 294. The van der Waals surface area contributed by atoms with Crippen molar-refractivity contribution in [3.05, 3.63) is 34.9 Å². The number of aryl methyl sites for hydroxylation is 1. The third kappa shape index (κ3) is 2.85. The van der Waals surface area contributed by atoms with Crippen LogP contribution in [-0.2, 0) is 6.54 Å². The van der Waals surface area contributed by atoms with E-state index in [0.29, 0.717) is 0 Å². The first-order valence-corrected chi connectivity index (χ1v) is 4.76. The summed E-state index contributed by atoms with van der Waals surface area (Å²) in [6.07, 6.45) is 0. The van der Waals surface area contributed by atoms with E-state index in [-0.39, 0.29) is 0 Å². The Hall–Kier alpha value is -0.820. The first-order chi connectivity index (χ1) is 5.90. The molecule has 1 heteroatoms. The van der Waals surface area contributed by atoms with Gasteiger partial charge < -0.3 is 4.48 Å². The van der Waals surface area contributed by atoms with Crippen LogP contribution < -0.4 is 0 Å². The van der Waals surface area contributed by atoms with Crippen LogP contribution in [0.1, 0.15) is 16.7 Å². The molecule has 0 atom stereocenters. The van der Waals surface area contributed by atoms with Gasteiger partial charge in [-0.2, -0.15) is 0 Å². The van der Waals surface area contributed by atoms with Gasteiger partial charge in [-0.15, -0.1) is 0 Å². The van der Waals surface area contributed by atoms with Crippen LogP contribution >= 0.6 is 0 Å². The lowest BCUT2D eigenvalue weighted by Gasteiger charge is -2.25. The second kappa shape index (κ2) is 3.51. The molecule has 0 aliphatic heterocycles. The fraction of sp³-hybridized carbons (Fsp3) is 0.500. The maximum Gasteiger partial charge on any atom is 0.104 e. The first-order valence-electron chi connectivity index (χ1n) is 4.76. The molecule has 0 bridgehead atoms. The van der Waals surface area contributed by atoms with Gasteiger partial charge in [0.05, 0.1) is 21.1 Å². The molecular formula is C12H20N+. The second-order valence-corrected chi connectivity index (χ2v) is 4.81. The molecule has 0 fully saturated rings. The molecule has 72 valence electrons. The molecule has 1 aromatic rings. The molecule has 0 aliphatic carbocycles. The fourth-order valence-electron chi connectivity index (χ4n) is 1.49. The minimum atomic E-state index is 0.990. The van der Waals surface area contributed by atoms with E-state index in [1.807, 2.05) is 0 Å². The average Bonchev–Trinajstić information content (AvgIpc) is 1.96. The molecular weight excluding hydrogens is 158 g/mol. The van der Waals surface area contributed by atoms with Gasteiger partial charge in [-0.05, 0) is 25.0 Å². The summed E-state index contributed by atoms with van der Waals surface area (Å²) in [5.41, 5.74) is 4.30. The lowest BCUT2D eigenvalue weighted by atomic mass is 10.0. The number of hydrogen-bond donors (Lipinski definition) is 0. The van der Waals surface area contributed by atoms with Crippen molar-refractivity contribution in [3.63, 3.8) is 0 Å². The van der Waals surface area contributed by atoms with E-state index in [1.165, 1.54) is 16.7 Å². The summed E-state index contributed by atoms with van der Waals surface area (Å²) in [5.74, 6) is 0. The van der Waals surface area contributed by atoms with Gasteiger partial charge in [0.15, 0.2) is 0 Å². The zero-order valence-electron chi connectivity index (χ0n) is 9.39. The van der Waals surface area contributed by atoms with Crippen LogP contribution in [0.5, 0.6) is 0 Å². The van der Waals surface area contributed by atoms with E-state index in [4.69, 9.17) is 0 Å². The zero-order valence-corrected chi connectivity index (χ0v) is 9.39. The van der Waals surface area contributed by atoms with Gasteiger partial charge in [0.25, 0.3) is 0 Å². The minimum absolute atomic E-state index is 0.990. The molecule has 1 nitrogen and oxygen atoms in total. The van der Waals surface area contributed by atoms with E-state index < -0.39 is 0 Å². The molecule has 13 heavy (non-hydrogen) atoms. The molecule has 0 aliphatic rings. The Labute approximate surface area is 81.6 Å². The van der Waals surface area contributed by atoms with Crippen molar-refractivity contribution >= 4 is 0 Å². The van der Waals surface area contributed by atoms with Crippen LogP contribution in [0.2, 0.25) is 0 Å². The van der Waals surface area contributed by atoms with Gasteiger partial charge in [-0.3, -0.25) is 0 Å². The highest BCUT2D eigenvalue weighted by atomic mass is 15.3. The van der Waals surface area contributed by atoms with E-state index in [0.717, 1.165) is 11.0 Å². The summed E-state index contributed by atoms with van der Waals surface area (Å²) in [6.45, 7) is 5.49. The van der Waals surface area contributed by atoms with Crippen LogP contribution in [0.25, 0.3) is 0 Å². The first kappa shape index (κ1) is 10.3. The fourth-order valence-corrected chi connectivity index (χ4v) is 1.49. The van der Waals surface area contributed by atoms with E-state index in [1.54, 1.807) is 0 Å². The summed E-state index contributed by atoms with van der Waals surface area (Å²) in [7, 11) is 6.67. The smallest absolute Gasteiger partial charge is 0.104 e. The summed E-state index contributed by atoms with van der Waals surface area (Å²) < 4.78 is 0.990. The van der Waals surface area contributed by atoms with Gasteiger partial charge in [-0.25, -0.2) is 0 Å². The molecule has 0 N–H and O–H groups in total. The van der Waals surface area contributed by atoms with Crippen molar-refractivity contribution in [2.45, 2.75) is 20.4 Å². The Balaban J connectivity index is 2.96. The lowest BCUT2D eigenvalue weighted by molar-refractivity contribution is -0.884. The number of rotatable bonds is 2. The van der Waals surface area contributed by atoms with Gasteiger partial charge >= 0.3 is 0 Å². The van der Waals surface area contributed by atoms with Crippen molar-refractivity contribution in [2.75, 3.05) is 21.1 Å². The largest absolute Gasteiger partial charge is 0.327 e. The van der Waals surface area contributed by atoms with Crippen LogP contribution in [0.4, 0.5) is 0 Å². The minimum Gasteiger partial charge on any atom is -0.327 e. The maximum atomic E-state index is 2.23. The Morgan fingerprint density at radius 2 is 1.69 bits per heavy atom. The molecule has 1 rings (SSSR count). The van der Waals surface area contributed by atoms with Crippen LogP contribution in [0.15, 0.2) is 18.2 Å². The normalized spacial score (nSPS) is 11.8. The Morgan fingerprint density at radius 3 is 2.23 bits per heavy atom. The molecule has 0 saturated carbocycles. The van der Waals surface area contributed by atoms with Crippen molar-refractivity contribution in [3.8, 4) is 0 Å². The average molecular weight is 178 g/mol. The van der Waals surface area contributed by atoms with Crippen molar-refractivity contribution in [1.82, 2.24) is 0 Å². The standard InChI is InChI=1S/C12H20N/c1-10-7-6-8-12(11(10)2)9-13(3,4)5/h6-8H,9H2,1-5H3/q+1. The Kier molecular flexibility index (Phi) is 2.77. The predicted octanol–water partition coefficient (Wildman–Crippen LogP) is 2.51. The van der Waals surface area contributed by atoms with E-state index >= 15 is 0 Å². The molecule has 0 saturated heterocycles. The summed E-state index contributed by atoms with van der Waals surface area (Å²) in [4.78, 5) is 0. The molecule has 0 spiro atoms. The van der Waals surface area contributed by atoms with Gasteiger partial charge in [0.2, 0.25) is 0 Å². The molecule has 0 heterocycles. The van der Waals surface area contributed by atoms with Crippen molar-refractivity contribution in [2.24, 2.45) is 0 Å². The molecule has 0 radical (unpaired) electrons. The van der Waals surface area contributed by atoms with Crippen molar-refractivity contribution < 1.29 is 4.48 Å². The Morgan fingerprint density at radius 1 is 1.08 bits per heavy atom. The van der Waals surface area contributed by atoms with E-state index in [9.17, 15) is 0 Å². The highest BCUT2D eigenvalue weighted by Crippen LogP contribution is 2.15. The van der Waals surface area contributed by atoms with Gasteiger partial charge in [0.1, 0.15) is 6.54 Å². The molecule has 0 amide bonds. The molecule has 1 aromatic carbocycles. The second-order valence-electron chi connectivity index (χ2n) is 4.81. The number of hydrogen-bond acceptors (Lipinski definition) is 0. The lowest BCUT2D eigenvalue weighted by Crippen LogP contribution is -2.33. The quantitative estimate of drug-likeness (QED) is 0.610. The van der Waals surface area contributed by atoms with Crippen LogP contribution in [0, 0.1) is 13.8 Å². The molecule has 0 aromatic heterocycles. The van der Waals surface area contributed by atoms with E-state index in [2.05, 4.69) is 53.2 Å². The third-order valence-corrected chi connectivity index (χ3v) is 2.36. The zero-order chi connectivity index (χ0) is 10.1. The maximum absolute atomic E-state index is 2.23. The van der Waals surface area contributed by atoms with Crippen molar-refractivity contribution in [1.29, 1.82) is 0 Å². The number of quaternary nitrogens is 1. The van der Waals surface area contributed by atoms with Gasteiger partial charge in [0, 0.05) is 5.56 Å². The topological polar surface area (TPSA) is 0 Å². The predicted molar refractivity (Wildman–Crippen MR) is 57.7 cm³/mol. The number of benzene rings is 1. The van der Waals surface area contributed by atoms with Crippen LogP contribution in [-0.4, -0.2) is 25.6 Å². The third-order valence-electron chi connectivity index (χ3n) is 2.36. The monoisotopic (exact) mass is 178 g/mol. The molecule has 0 unspecified atom stereocenters.